The molecule has 6 heteroatoms. The van der Waals surface area contributed by atoms with Gasteiger partial charge in [0, 0.05) is 24.4 Å². The molecule has 0 aromatic heterocycles. The zero-order chi connectivity index (χ0) is 16.4. The van der Waals surface area contributed by atoms with E-state index in [0.29, 0.717) is 6.54 Å². The highest BCUT2D eigenvalue weighted by Gasteiger charge is 2.51. The highest BCUT2D eigenvalue weighted by molar-refractivity contribution is 8.01. The van der Waals surface area contributed by atoms with E-state index >= 15 is 0 Å². The first-order valence-electron chi connectivity index (χ1n) is 7.58. The normalized spacial score (nSPS) is 28.5. The molecule has 2 fully saturated rings. The number of carbonyl (C=O) groups is 1. The lowest BCUT2D eigenvalue weighted by Gasteiger charge is -2.47. The fourth-order valence-corrected chi connectivity index (χ4v) is 4.49. The van der Waals surface area contributed by atoms with E-state index in [-0.39, 0.29) is 22.6 Å². The number of thioether (sulfide) groups is 1. The van der Waals surface area contributed by atoms with Gasteiger partial charge in [0.25, 0.3) is 0 Å². The van der Waals surface area contributed by atoms with Gasteiger partial charge in [-0.05, 0) is 12.0 Å². The number of nitrogens with zero attached hydrogens (tertiary/aromatic N) is 1. The third kappa shape index (κ3) is 3.27. The van der Waals surface area contributed by atoms with Gasteiger partial charge in [-0.1, -0.05) is 43.5 Å². The topological polar surface area (TPSA) is 41.6 Å². The smallest absolute Gasteiger partial charge is 0.378 e. The predicted octanol–water partition coefficient (Wildman–Crippen LogP) is 2.19. The molecule has 1 aliphatic carbocycles. The van der Waals surface area contributed by atoms with Crippen LogP contribution in [-0.2, 0) is 9.45 Å². The Kier molecular flexibility index (Phi) is 4.71. The number of hydrogen-bond donors (Lipinski definition) is 1. The van der Waals surface area contributed by atoms with Crippen molar-refractivity contribution in [3.8, 4) is 0 Å². The molecule has 2 radical (unpaired) electrons. The molecule has 2 heterocycles. The molecule has 3 atom stereocenters. The minimum Gasteiger partial charge on any atom is -0.543 e. The monoisotopic (exact) mass is 326 g/mol. The van der Waals surface area contributed by atoms with Gasteiger partial charge in [0.1, 0.15) is 10.6 Å². The molecule has 0 spiro atoms. The summed E-state index contributed by atoms with van der Waals surface area (Å²) in [7, 11) is 4.98. The Morgan fingerprint density at radius 2 is 2.35 bits per heavy atom. The van der Waals surface area contributed by atoms with E-state index in [1.807, 2.05) is 0 Å². The van der Waals surface area contributed by atoms with E-state index in [0.717, 1.165) is 24.2 Å². The van der Waals surface area contributed by atoms with Crippen molar-refractivity contribution in [3.63, 3.8) is 0 Å². The Labute approximate surface area is 142 Å². The van der Waals surface area contributed by atoms with Crippen LogP contribution in [-0.4, -0.2) is 42.1 Å². The zero-order valence-electron chi connectivity index (χ0n) is 12.9. The van der Waals surface area contributed by atoms with Crippen LogP contribution in [0.1, 0.15) is 12.8 Å². The van der Waals surface area contributed by atoms with E-state index in [2.05, 4.69) is 58.4 Å². The van der Waals surface area contributed by atoms with Gasteiger partial charge < -0.3 is 14.9 Å². The van der Waals surface area contributed by atoms with Gasteiger partial charge in [0.05, 0.1) is 6.04 Å². The van der Waals surface area contributed by atoms with Crippen LogP contribution in [0.3, 0.4) is 0 Å². The third-order valence-electron chi connectivity index (χ3n) is 4.19. The summed E-state index contributed by atoms with van der Waals surface area (Å²) in [5, 5.41) is 3.38. The number of fused-ring (bicyclic) bond motifs is 1. The van der Waals surface area contributed by atoms with Crippen molar-refractivity contribution in [1.82, 2.24) is 10.2 Å². The maximum absolute atomic E-state index is 11.6. The van der Waals surface area contributed by atoms with Gasteiger partial charge in [-0.15, -0.1) is 11.8 Å². The molecule has 2 aliphatic heterocycles. The molecule has 4 nitrogen and oxygen atoms in total. The van der Waals surface area contributed by atoms with Crippen molar-refractivity contribution in [2.75, 3.05) is 6.54 Å². The molecular formula is C17H19BN2O2S. The van der Waals surface area contributed by atoms with Gasteiger partial charge in [-0.2, -0.15) is 0 Å². The zero-order valence-corrected chi connectivity index (χ0v) is 13.7. The Balaban J connectivity index is 1.56. The van der Waals surface area contributed by atoms with Crippen LogP contribution in [0, 0.1) is 0 Å². The van der Waals surface area contributed by atoms with Crippen LogP contribution < -0.4 is 5.32 Å². The molecule has 23 heavy (non-hydrogen) atoms. The molecule has 1 unspecified atom stereocenters. The quantitative estimate of drug-likeness (QED) is 0.785. The van der Waals surface area contributed by atoms with Crippen molar-refractivity contribution in [3.05, 3.63) is 60.5 Å². The van der Waals surface area contributed by atoms with E-state index in [1.165, 1.54) is 5.57 Å². The van der Waals surface area contributed by atoms with Gasteiger partial charge >= 0.3 is 14.0 Å². The highest BCUT2D eigenvalue weighted by Crippen LogP contribution is 2.45. The summed E-state index contributed by atoms with van der Waals surface area (Å²) in [5.41, 5.74) is 3.16. The lowest BCUT2D eigenvalue weighted by molar-refractivity contribution is -0.133. The summed E-state index contributed by atoms with van der Waals surface area (Å²) in [4.78, 5) is 13.7. The molecule has 0 saturated carbocycles. The van der Waals surface area contributed by atoms with Crippen LogP contribution in [0.2, 0.25) is 0 Å². The van der Waals surface area contributed by atoms with Crippen LogP contribution in [0.25, 0.3) is 0 Å². The van der Waals surface area contributed by atoms with Crippen molar-refractivity contribution in [2.24, 2.45) is 0 Å². The number of carbonyl (C=O) groups excluding carboxylic acids is 1. The molecule has 0 aromatic carbocycles. The van der Waals surface area contributed by atoms with Gasteiger partial charge in [-0.3, -0.25) is 4.79 Å². The summed E-state index contributed by atoms with van der Waals surface area (Å²) < 4.78 is 4.35. The number of rotatable bonds is 5. The summed E-state index contributed by atoms with van der Waals surface area (Å²) in [6.07, 6.45) is 12.3. The Bertz CT molecular complexity index is 626. The lowest BCUT2D eigenvalue weighted by atomic mass is 10.0. The summed E-state index contributed by atoms with van der Waals surface area (Å²) >= 11 is 1.56. The molecular weight excluding hydrogens is 307 g/mol. The summed E-state index contributed by atoms with van der Waals surface area (Å²) in [5.74, 6) is -0.379. The average molecular weight is 326 g/mol. The van der Waals surface area contributed by atoms with Gasteiger partial charge in [0.15, 0.2) is 0 Å². The number of hydrogen-bond acceptors (Lipinski definition) is 5. The molecule has 0 bridgehead atoms. The second-order valence-electron chi connectivity index (χ2n) is 5.81. The van der Waals surface area contributed by atoms with Crippen molar-refractivity contribution < 1.29 is 9.45 Å². The second kappa shape index (κ2) is 6.75. The first-order valence-corrected chi connectivity index (χ1v) is 8.52. The first kappa shape index (κ1) is 16.1. The van der Waals surface area contributed by atoms with Crippen molar-refractivity contribution in [1.29, 1.82) is 0 Å². The molecule has 2 saturated heterocycles. The summed E-state index contributed by atoms with van der Waals surface area (Å²) in [6, 6.07) is 0.106. The third-order valence-corrected chi connectivity index (χ3v) is 5.67. The fraction of sp³-hybridized carbons (Fsp3) is 0.353. The van der Waals surface area contributed by atoms with Gasteiger partial charge in [0.2, 0.25) is 0 Å². The fourth-order valence-electron chi connectivity index (χ4n) is 2.99. The Morgan fingerprint density at radius 1 is 1.52 bits per heavy atom. The molecule has 3 aliphatic rings. The predicted molar refractivity (Wildman–Crippen MR) is 94.5 cm³/mol. The second-order valence-corrected chi connectivity index (χ2v) is 7.13. The SMILES string of the molecule is [B]OC(=O)[C@H]1CN2C(=C)[C@@H](NC(=C)CC3=CC=CCC=C3)C2S1. The minimum absolute atomic E-state index is 0.106. The lowest BCUT2D eigenvalue weighted by Crippen LogP contribution is -2.58. The molecule has 1 N–H and O–H groups in total. The van der Waals surface area contributed by atoms with Crippen molar-refractivity contribution in [2.45, 2.75) is 29.5 Å². The van der Waals surface area contributed by atoms with Crippen LogP contribution in [0.15, 0.2) is 60.5 Å². The minimum atomic E-state index is -0.379. The van der Waals surface area contributed by atoms with Crippen LogP contribution >= 0.6 is 11.8 Å². The molecule has 3 rings (SSSR count). The molecule has 118 valence electrons. The van der Waals surface area contributed by atoms with E-state index in [1.54, 1.807) is 11.8 Å². The number of nitrogens with one attached hydrogen (secondary N) is 1. The maximum atomic E-state index is 11.6. The largest absolute Gasteiger partial charge is 0.543 e. The molecule has 0 aromatic rings. The van der Waals surface area contributed by atoms with Gasteiger partial charge in [-0.25, -0.2) is 0 Å². The van der Waals surface area contributed by atoms with Crippen LogP contribution in [0.5, 0.6) is 0 Å². The maximum Gasteiger partial charge on any atom is 0.378 e. The van der Waals surface area contributed by atoms with E-state index in [9.17, 15) is 4.79 Å². The summed E-state index contributed by atoms with van der Waals surface area (Å²) in [6.45, 7) is 8.84. The van der Waals surface area contributed by atoms with Crippen molar-refractivity contribution >= 4 is 25.8 Å². The van der Waals surface area contributed by atoms with E-state index in [4.69, 9.17) is 8.05 Å². The Morgan fingerprint density at radius 3 is 3.13 bits per heavy atom. The van der Waals surface area contributed by atoms with Crippen LogP contribution in [0.4, 0.5) is 0 Å². The first-order chi connectivity index (χ1) is 11.1. The average Bonchev–Trinajstić information content (AvgIpc) is 2.77. The molecule has 0 amide bonds. The Hall–Kier alpha value is -1.82. The standard InChI is InChI=1S/C17H19BN2O2S/c1-11(9-13-7-5-3-4-6-8-13)19-15-12(2)20-10-14(17(21)22-18)23-16(15)20/h3,5-8,14-16,19H,1-2,4,9-10H2/t14-,15-,16?/m1/s1. The highest BCUT2D eigenvalue weighted by atomic mass is 32.2. The number of allylic oxidation sites excluding steroid dienone is 6. The van der Waals surface area contributed by atoms with E-state index < -0.39 is 0 Å².